The van der Waals surface area contributed by atoms with E-state index in [-0.39, 0.29) is 19.0 Å². The molecule has 0 aliphatic carbocycles. The molecule has 0 fully saturated rings. The molecule has 0 aliphatic heterocycles. The molecule has 1 N–H and O–H groups in total. The van der Waals surface area contributed by atoms with Gasteiger partial charge in [-0.1, -0.05) is 6.07 Å². The number of aliphatic hydroxyl groups is 1. The van der Waals surface area contributed by atoms with Crippen LogP contribution < -0.4 is 0 Å². The summed E-state index contributed by atoms with van der Waals surface area (Å²) >= 11 is 1.56. The Balaban J connectivity index is 0.000001000. The van der Waals surface area contributed by atoms with Gasteiger partial charge in [0, 0.05) is 11.9 Å². The Morgan fingerprint density at radius 2 is 2.27 bits per heavy atom. The molecule has 1 rings (SSSR count). The minimum atomic E-state index is 0. The van der Waals surface area contributed by atoms with Crippen molar-refractivity contribution in [1.82, 2.24) is 4.98 Å². The lowest BCUT2D eigenvalue weighted by molar-refractivity contribution is 0.322. The van der Waals surface area contributed by atoms with Gasteiger partial charge in [0.1, 0.15) is 0 Å². The Hall–Kier alpha value is -0.250. The van der Waals surface area contributed by atoms with Crippen molar-refractivity contribution >= 4 is 24.2 Å². The normalized spacial score (nSPS) is 8.82. The van der Waals surface area contributed by atoms with E-state index in [4.69, 9.17) is 5.11 Å². The maximum Gasteiger partial charge on any atom is 0.0960 e. The molecule has 0 saturated carbocycles. The summed E-state index contributed by atoms with van der Waals surface area (Å²) in [5.74, 6) is 0.719. The first-order valence-electron chi connectivity index (χ1n) is 3.08. The SMILES string of the molecule is Cl.OCCSc1ccccn1. The molecular weight excluding hydrogens is 182 g/mol. The van der Waals surface area contributed by atoms with Crippen molar-refractivity contribution in [2.24, 2.45) is 0 Å². The molecule has 62 valence electrons. The van der Waals surface area contributed by atoms with Crippen LogP contribution >= 0.6 is 24.2 Å². The number of nitrogens with zero attached hydrogens (tertiary/aromatic N) is 1. The number of hydrogen-bond donors (Lipinski definition) is 1. The summed E-state index contributed by atoms with van der Waals surface area (Å²) in [7, 11) is 0. The summed E-state index contributed by atoms with van der Waals surface area (Å²) in [5.41, 5.74) is 0. The van der Waals surface area contributed by atoms with Crippen molar-refractivity contribution in [3.8, 4) is 0 Å². The second-order valence-corrected chi connectivity index (χ2v) is 2.86. The van der Waals surface area contributed by atoms with Crippen molar-refractivity contribution in [2.75, 3.05) is 12.4 Å². The van der Waals surface area contributed by atoms with Gasteiger partial charge in [-0.05, 0) is 12.1 Å². The highest BCUT2D eigenvalue weighted by atomic mass is 35.5. The first kappa shape index (κ1) is 10.8. The number of aromatic nitrogens is 1. The molecule has 4 heteroatoms. The highest BCUT2D eigenvalue weighted by molar-refractivity contribution is 7.99. The number of thioether (sulfide) groups is 1. The van der Waals surface area contributed by atoms with Crippen molar-refractivity contribution in [3.05, 3.63) is 24.4 Å². The predicted octanol–water partition coefficient (Wildman–Crippen LogP) is 1.59. The molecule has 1 heterocycles. The van der Waals surface area contributed by atoms with E-state index in [1.165, 1.54) is 0 Å². The zero-order valence-electron chi connectivity index (χ0n) is 5.93. The fourth-order valence-electron chi connectivity index (χ4n) is 0.583. The quantitative estimate of drug-likeness (QED) is 0.737. The van der Waals surface area contributed by atoms with Crippen LogP contribution in [-0.4, -0.2) is 22.5 Å². The zero-order chi connectivity index (χ0) is 7.23. The van der Waals surface area contributed by atoms with E-state index < -0.39 is 0 Å². The Morgan fingerprint density at radius 1 is 1.45 bits per heavy atom. The molecule has 0 spiro atoms. The van der Waals surface area contributed by atoms with E-state index in [2.05, 4.69) is 4.98 Å². The van der Waals surface area contributed by atoms with Gasteiger partial charge in [-0.2, -0.15) is 0 Å². The van der Waals surface area contributed by atoms with E-state index in [0.29, 0.717) is 0 Å². The average molecular weight is 192 g/mol. The molecule has 0 radical (unpaired) electrons. The smallest absolute Gasteiger partial charge is 0.0960 e. The van der Waals surface area contributed by atoms with E-state index >= 15 is 0 Å². The highest BCUT2D eigenvalue weighted by Gasteiger charge is 1.89. The van der Waals surface area contributed by atoms with E-state index in [0.717, 1.165) is 10.8 Å². The van der Waals surface area contributed by atoms with E-state index in [9.17, 15) is 0 Å². The number of aliphatic hydroxyl groups excluding tert-OH is 1. The number of halogens is 1. The Labute approximate surface area is 76.5 Å². The Kier molecular flexibility index (Phi) is 6.31. The van der Waals surface area contributed by atoms with Crippen LogP contribution in [0.5, 0.6) is 0 Å². The monoisotopic (exact) mass is 191 g/mol. The fourth-order valence-corrected chi connectivity index (χ4v) is 1.19. The molecule has 2 nitrogen and oxygen atoms in total. The van der Waals surface area contributed by atoms with Crippen molar-refractivity contribution in [1.29, 1.82) is 0 Å². The lowest BCUT2D eigenvalue weighted by Crippen LogP contribution is -1.86. The van der Waals surface area contributed by atoms with Crippen LogP contribution in [0.1, 0.15) is 0 Å². The number of rotatable bonds is 3. The number of hydrogen-bond acceptors (Lipinski definition) is 3. The van der Waals surface area contributed by atoms with Crippen LogP contribution in [0.2, 0.25) is 0 Å². The number of pyridine rings is 1. The summed E-state index contributed by atoms with van der Waals surface area (Å²) in [4.78, 5) is 4.07. The van der Waals surface area contributed by atoms with Crippen molar-refractivity contribution in [3.63, 3.8) is 0 Å². The second-order valence-electron chi connectivity index (χ2n) is 1.74. The minimum absolute atomic E-state index is 0. The van der Waals surface area contributed by atoms with Crippen molar-refractivity contribution in [2.45, 2.75) is 5.03 Å². The maximum absolute atomic E-state index is 8.48. The Bertz CT molecular complexity index is 183. The van der Waals surface area contributed by atoms with Gasteiger partial charge in [0.15, 0.2) is 0 Å². The first-order chi connectivity index (χ1) is 4.93. The zero-order valence-corrected chi connectivity index (χ0v) is 7.57. The van der Waals surface area contributed by atoms with Crippen LogP contribution in [0.3, 0.4) is 0 Å². The molecule has 1 aromatic heterocycles. The minimum Gasteiger partial charge on any atom is -0.396 e. The molecular formula is C7H10ClNOS. The van der Waals surface area contributed by atoms with Gasteiger partial charge >= 0.3 is 0 Å². The maximum atomic E-state index is 8.48. The van der Waals surface area contributed by atoms with Crippen LogP contribution in [0.15, 0.2) is 29.4 Å². The highest BCUT2D eigenvalue weighted by Crippen LogP contribution is 2.12. The molecule has 0 amide bonds. The summed E-state index contributed by atoms with van der Waals surface area (Å²) in [6.45, 7) is 0.210. The Morgan fingerprint density at radius 3 is 2.82 bits per heavy atom. The van der Waals surface area contributed by atoms with Crippen LogP contribution in [0.4, 0.5) is 0 Å². The van der Waals surface area contributed by atoms with E-state index in [1.54, 1.807) is 18.0 Å². The van der Waals surface area contributed by atoms with Gasteiger partial charge in [-0.25, -0.2) is 4.98 Å². The molecule has 1 aromatic rings. The summed E-state index contributed by atoms with van der Waals surface area (Å²) < 4.78 is 0. The molecule has 0 unspecified atom stereocenters. The molecule has 0 atom stereocenters. The standard InChI is InChI=1S/C7H9NOS.ClH/c9-5-6-10-7-3-1-2-4-8-7;/h1-4,9H,5-6H2;1H. The lowest BCUT2D eigenvalue weighted by Gasteiger charge is -1.94. The van der Waals surface area contributed by atoms with Gasteiger partial charge in [0.2, 0.25) is 0 Å². The fraction of sp³-hybridized carbons (Fsp3) is 0.286. The predicted molar refractivity (Wildman–Crippen MR) is 49.3 cm³/mol. The summed E-state index contributed by atoms with van der Waals surface area (Å²) in [6.07, 6.45) is 1.75. The van der Waals surface area contributed by atoms with Gasteiger partial charge in [-0.15, -0.1) is 24.2 Å². The van der Waals surface area contributed by atoms with Gasteiger partial charge in [0.05, 0.1) is 11.6 Å². The lowest BCUT2D eigenvalue weighted by atomic mass is 10.5. The third-order valence-corrected chi connectivity index (χ3v) is 1.90. The summed E-state index contributed by atoms with van der Waals surface area (Å²) in [6, 6.07) is 5.75. The van der Waals surface area contributed by atoms with Gasteiger partial charge in [0.25, 0.3) is 0 Å². The molecule has 0 aliphatic rings. The largest absolute Gasteiger partial charge is 0.396 e. The van der Waals surface area contributed by atoms with E-state index in [1.807, 2.05) is 18.2 Å². The average Bonchev–Trinajstić information content (AvgIpc) is 2.03. The topological polar surface area (TPSA) is 33.1 Å². The molecule has 0 bridgehead atoms. The van der Waals surface area contributed by atoms with Gasteiger partial charge < -0.3 is 5.11 Å². The summed E-state index contributed by atoms with van der Waals surface area (Å²) in [5, 5.41) is 9.45. The second kappa shape index (κ2) is 6.46. The molecule has 0 aromatic carbocycles. The first-order valence-corrected chi connectivity index (χ1v) is 4.07. The third kappa shape index (κ3) is 4.24. The van der Waals surface area contributed by atoms with Crippen molar-refractivity contribution < 1.29 is 5.11 Å². The van der Waals surface area contributed by atoms with Crippen LogP contribution in [0.25, 0.3) is 0 Å². The van der Waals surface area contributed by atoms with Crippen LogP contribution in [0, 0.1) is 0 Å². The van der Waals surface area contributed by atoms with Gasteiger partial charge in [-0.3, -0.25) is 0 Å². The molecule has 11 heavy (non-hydrogen) atoms. The molecule has 0 saturated heterocycles. The third-order valence-electron chi connectivity index (χ3n) is 0.979. The van der Waals surface area contributed by atoms with Crippen LogP contribution in [-0.2, 0) is 0 Å².